The Hall–Kier alpha value is -2.16. The van der Waals surface area contributed by atoms with E-state index < -0.39 is 0 Å². The fraction of sp³-hybridized carbons (Fsp3) is 0.556. The Balaban J connectivity index is 1.73. The first kappa shape index (κ1) is 18.6. The molecule has 1 fully saturated rings. The zero-order valence-corrected chi connectivity index (χ0v) is 15.7. The lowest BCUT2D eigenvalue weighted by Crippen LogP contribution is -2.46. The number of ether oxygens (including phenoxy) is 3. The van der Waals surface area contributed by atoms with Gasteiger partial charge in [-0.2, -0.15) is 0 Å². The highest BCUT2D eigenvalue weighted by atomic mass is 16.5. The maximum Gasteiger partial charge on any atom is 0.162 e. The van der Waals surface area contributed by atoms with Crippen molar-refractivity contribution in [3.05, 3.63) is 18.0 Å². The summed E-state index contributed by atoms with van der Waals surface area (Å²) in [5, 5.41) is 0.774. The van der Waals surface area contributed by atoms with E-state index in [0.717, 1.165) is 56.1 Å². The number of hydrogen-bond donors (Lipinski definition) is 1. The van der Waals surface area contributed by atoms with E-state index >= 15 is 0 Å². The Morgan fingerprint density at radius 1 is 0.962 bits per heavy atom. The van der Waals surface area contributed by atoms with Gasteiger partial charge >= 0.3 is 0 Å². The fourth-order valence-corrected chi connectivity index (χ4v) is 3.19. The first-order valence-corrected chi connectivity index (χ1v) is 8.76. The summed E-state index contributed by atoms with van der Waals surface area (Å²) < 4.78 is 15.8. The molecule has 8 nitrogen and oxygen atoms in total. The number of fused-ring (bicyclic) bond motifs is 1. The van der Waals surface area contributed by atoms with Crippen molar-refractivity contribution in [3.8, 4) is 11.5 Å². The first-order chi connectivity index (χ1) is 12.6. The van der Waals surface area contributed by atoms with Gasteiger partial charge in [0.25, 0.3) is 0 Å². The Morgan fingerprint density at radius 2 is 1.62 bits per heavy atom. The van der Waals surface area contributed by atoms with Crippen molar-refractivity contribution in [2.45, 2.75) is 6.54 Å². The van der Waals surface area contributed by atoms with Gasteiger partial charge in [0.15, 0.2) is 11.5 Å². The van der Waals surface area contributed by atoms with Crippen molar-refractivity contribution < 1.29 is 14.2 Å². The molecular weight excluding hydrogens is 334 g/mol. The molecule has 0 atom stereocenters. The van der Waals surface area contributed by atoms with Gasteiger partial charge in [0.2, 0.25) is 0 Å². The summed E-state index contributed by atoms with van der Waals surface area (Å²) in [5.74, 6) is 2.45. The van der Waals surface area contributed by atoms with E-state index in [1.807, 2.05) is 12.1 Å². The number of hydrogen-bond acceptors (Lipinski definition) is 8. The molecule has 0 bridgehead atoms. The van der Waals surface area contributed by atoms with E-state index in [1.54, 1.807) is 21.3 Å². The molecule has 1 saturated heterocycles. The van der Waals surface area contributed by atoms with Gasteiger partial charge in [-0.15, -0.1) is 0 Å². The van der Waals surface area contributed by atoms with E-state index in [2.05, 4.69) is 19.8 Å². The highest BCUT2D eigenvalue weighted by Crippen LogP contribution is 2.33. The molecule has 26 heavy (non-hydrogen) atoms. The number of nitrogens with zero attached hydrogens (tertiary/aromatic N) is 4. The predicted molar refractivity (Wildman–Crippen MR) is 101 cm³/mol. The summed E-state index contributed by atoms with van der Waals surface area (Å²) in [7, 11) is 4.95. The van der Waals surface area contributed by atoms with Crippen LogP contribution in [-0.4, -0.2) is 80.4 Å². The fourth-order valence-electron chi connectivity index (χ4n) is 3.19. The number of aromatic nitrogens is 2. The van der Waals surface area contributed by atoms with Gasteiger partial charge in [0.1, 0.15) is 11.6 Å². The Kier molecular flexibility index (Phi) is 6.08. The molecule has 0 aliphatic carbocycles. The van der Waals surface area contributed by atoms with Gasteiger partial charge in [-0.05, 0) is 6.07 Å². The van der Waals surface area contributed by atoms with E-state index in [1.165, 1.54) is 0 Å². The molecule has 0 spiro atoms. The summed E-state index contributed by atoms with van der Waals surface area (Å²) in [6.45, 7) is 6.45. The van der Waals surface area contributed by atoms with Crippen LogP contribution in [0.25, 0.3) is 10.9 Å². The molecule has 0 amide bonds. The normalized spacial score (nSPS) is 16.1. The summed E-state index contributed by atoms with van der Waals surface area (Å²) in [5.41, 5.74) is 6.93. The quantitative estimate of drug-likeness (QED) is 0.781. The number of anilines is 1. The van der Waals surface area contributed by atoms with E-state index in [0.29, 0.717) is 23.9 Å². The Morgan fingerprint density at radius 3 is 2.27 bits per heavy atom. The smallest absolute Gasteiger partial charge is 0.162 e. The average molecular weight is 361 g/mol. The molecular formula is C18H27N5O3. The van der Waals surface area contributed by atoms with Crippen LogP contribution in [-0.2, 0) is 11.3 Å². The van der Waals surface area contributed by atoms with Crippen LogP contribution in [0.2, 0.25) is 0 Å². The maximum atomic E-state index is 6.17. The lowest BCUT2D eigenvalue weighted by atomic mass is 10.2. The van der Waals surface area contributed by atoms with Gasteiger partial charge in [0.05, 0.1) is 32.9 Å². The lowest BCUT2D eigenvalue weighted by molar-refractivity contribution is 0.0927. The van der Waals surface area contributed by atoms with Crippen molar-refractivity contribution in [1.29, 1.82) is 0 Å². The molecule has 1 aliphatic heterocycles. The molecule has 0 unspecified atom stereocenters. The zero-order chi connectivity index (χ0) is 18.5. The molecule has 1 aliphatic rings. The molecule has 2 N–H and O–H groups in total. The minimum atomic E-state index is 0.463. The molecule has 1 aromatic carbocycles. The minimum absolute atomic E-state index is 0.463. The number of rotatable bonds is 7. The Bertz CT molecular complexity index is 747. The number of methoxy groups -OCH3 is 3. The van der Waals surface area contributed by atoms with Crippen molar-refractivity contribution >= 4 is 16.7 Å². The minimum Gasteiger partial charge on any atom is -0.493 e. The second kappa shape index (κ2) is 8.48. The molecule has 2 aromatic rings. The summed E-state index contributed by atoms with van der Waals surface area (Å²) in [4.78, 5) is 13.9. The van der Waals surface area contributed by atoms with Gasteiger partial charge in [-0.25, -0.2) is 9.97 Å². The van der Waals surface area contributed by atoms with Crippen molar-refractivity contribution in [3.63, 3.8) is 0 Å². The third-order valence-electron chi connectivity index (χ3n) is 4.72. The van der Waals surface area contributed by atoms with Crippen LogP contribution in [0.5, 0.6) is 11.5 Å². The van der Waals surface area contributed by atoms with E-state index in [-0.39, 0.29) is 0 Å². The van der Waals surface area contributed by atoms with Crippen LogP contribution in [0.15, 0.2) is 12.1 Å². The summed E-state index contributed by atoms with van der Waals surface area (Å²) in [6.07, 6.45) is 0. The van der Waals surface area contributed by atoms with Gasteiger partial charge < -0.3 is 19.9 Å². The summed E-state index contributed by atoms with van der Waals surface area (Å²) >= 11 is 0. The SMILES string of the molecule is COCCN1CCN(Cc2nc(N)c3cc(OC)c(OC)cc3n2)CC1. The third-order valence-corrected chi connectivity index (χ3v) is 4.72. The predicted octanol–water partition coefficient (Wildman–Crippen LogP) is 0.993. The monoisotopic (exact) mass is 361 g/mol. The van der Waals surface area contributed by atoms with E-state index in [9.17, 15) is 0 Å². The van der Waals surface area contributed by atoms with Gasteiger partial charge in [-0.1, -0.05) is 0 Å². The lowest BCUT2D eigenvalue weighted by Gasteiger charge is -2.34. The average Bonchev–Trinajstić information content (AvgIpc) is 2.66. The molecule has 142 valence electrons. The van der Waals surface area contributed by atoms with Crippen molar-refractivity contribution in [2.75, 3.05) is 66.4 Å². The van der Waals surface area contributed by atoms with Gasteiger partial charge in [0, 0.05) is 51.3 Å². The highest BCUT2D eigenvalue weighted by Gasteiger charge is 2.18. The molecule has 2 heterocycles. The van der Waals surface area contributed by atoms with Crippen molar-refractivity contribution in [2.24, 2.45) is 0 Å². The van der Waals surface area contributed by atoms with Gasteiger partial charge in [-0.3, -0.25) is 9.80 Å². The van der Waals surface area contributed by atoms with Crippen LogP contribution in [0, 0.1) is 0 Å². The standard InChI is InChI=1S/C18H27N5O3/c1-24-9-8-22-4-6-23(7-5-22)12-17-20-14-11-16(26-3)15(25-2)10-13(14)18(19)21-17/h10-11H,4-9,12H2,1-3H3,(H2,19,20,21). The second-order valence-electron chi connectivity index (χ2n) is 6.36. The summed E-state index contributed by atoms with van der Waals surface area (Å²) in [6, 6.07) is 3.67. The Labute approximate surface area is 153 Å². The largest absolute Gasteiger partial charge is 0.493 e. The van der Waals surface area contributed by atoms with E-state index in [4.69, 9.17) is 19.9 Å². The first-order valence-electron chi connectivity index (χ1n) is 8.76. The highest BCUT2D eigenvalue weighted by molar-refractivity contribution is 5.90. The number of benzene rings is 1. The molecule has 0 saturated carbocycles. The zero-order valence-electron chi connectivity index (χ0n) is 15.7. The number of piperazine rings is 1. The number of nitrogen functional groups attached to an aromatic ring is 1. The molecule has 0 radical (unpaired) electrons. The van der Waals surface area contributed by atoms with Crippen LogP contribution in [0.3, 0.4) is 0 Å². The number of nitrogens with two attached hydrogens (primary N) is 1. The molecule has 8 heteroatoms. The van der Waals surface area contributed by atoms with Crippen molar-refractivity contribution in [1.82, 2.24) is 19.8 Å². The maximum absolute atomic E-state index is 6.17. The molecule has 1 aromatic heterocycles. The van der Waals surface area contributed by atoms with Crippen LogP contribution in [0.4, 0.5) is 5.82 Å². The topological polar surface area (TPSA) is 86.0 Å². The van der Waals surface area contributed by atoms with Crippen LogP contribution >= 0.6 is 0 Å². The second-order valence-corrected chi connectivity index (χ2v) is 6.36. The third kappa shape index (κ3) is 4.14. The molecule has 3 rings (SSSR count). The van der Waals surface area contributed by atoms with Crippen LogP contribution in [0.1, 0.15) is 5.82 Å². The van der Waals surface area contributed by atoms with Crippen LogP contribution < -0.4 is 15.2 Å².